The quantitative estimate of drug-likeness (QED) is 0.787. The fraction of sp³-hybridized carbons (Fsp3) is 0.667. The topological polar surface area (TPSA) is 78.5 Å². The molecule has 0 bridgehead atoms. The number of aromatic nitrogens is 2. The van der Waals surface area contributed by atoms with E-state index in [1.165, 1.54) is 6.07 Å². The summed E-state index contributed by atoms with van der Waals surface area (Å²) in [7, 11) is 0. The van der Waals surface area contributed by atoms with Gasteiger partial charge in [-0.05, 0) is 6.92 Å². The van der Waals surface area contributed by atoms with E-state index in [2.05, 4.69) is 9.97 Å². The third kappa shape index (κ3) is 2.70. The number of hydrogen-bond donors (Lipinski definition) is 2. The number of morpholine rings is 1. The Kier molecular flexibility index (Phi) is 3.98. The van der Waals surface area contributed by atoms with Gasteiger partial charge in [-0.25, -0.2) is 4.98 Å². The Morgan fingerprint density at radius 2 is 2.44 bits per heavy atom. The van der Waals surface area contributed by atoms with E-state index < -0.39 is 0 Å². The summed E-state index contributed by atoms with van der Waals surface area (Å²) in [6.07, 6.45) is 0.470. The molecule has 2 N–H and O–H groups in total. The number of rotatable bonds is 3. The maximum Gasteiger partial charge on any atom is 0.252 e. The third-order valence-electron chi connectivity index (χ3n) is 3.12. The van der Waals surface area contributed by atoms with E-state index in [1.54, 1.807) is 0 Å². The van der Waals surface area contributed by atoms with Crippen molar-refractivity contribution in [2.24, 2.45) is 0 Å². The van der Waals surface area contributed by atoms with Crippen molar-refractivity contribution in [1.82, 2.24) is 9.97 Å². The molecule has 0 spiro atoms. The van der Waals surface area contributed by atoms with Crippen LogP contribution in [0.15, 0.2) is 10.9 Å². The van der Waals surface area contributed by atoms with Crippen molar-refractivity contribution in [3.8, 4) is 0 Å². The van der Waals surface area contributed by atoms with E-state index in [0.29, 0.717) is 31.2 Å². The van der Waals surface area contributed by atoms with E-state index in [-0.39, 0.29) is 24.3 Å². The van der Waals surface area contributed by atoms with Crippen LogP contribution in [0, 0.1) is 0 Å². The van der Waals surface area contributed by atoms with Gasteiger partial charge in [0.2, 0.25) is 0 Å². The smallest absolute Gasteiger partial charge is 0.252 e. The molecule has 2 atom stereocenters. The van der Waals surface area contributed by atoms with Gasteiger partial charge in [0, 0.05) is 19.0 Å². The molecule has 0 aromatic carbocycles. The summed E-state index contributed by atoms with van der Waals surface area (Å²) in [6.45, 7) is 5.02. The second-order valence-electron chi connectivity index (χ2n) is 4.54. The van der Waals surface area contributed by atoms with Gasteiger partial charge >= 0.3 is 0 Å². The minimum Gasteiger partial charge on any atom is -0.394 e. The Labute approximate surface area is 106 Å². The standard InChI is InChI=1S/C12H19N3O3/c1-3-10-13-11(4-12(17)14-10)15-5-9(6-16)18-7-8(15)2/h4,8-9,16H,3,5-7H2,1-2H3,(H,13,14,17). The predicted molar refractivity (Wildman–Crippen MR) is 67.9 cm³/mol. The Balaban J connectivity index is 2.28. The number of anilines is 1. The van der Waals surface area contributed by atoms with Crippen molar-refractivity contribution in [2.45, 2.75) is 32.4 Å². The highest BCUT2D eigenvalue weighted by atomic mass is 16.5. The van der Waals surface area contributed by atoms with E-state index in [1.807, 2.05) is 18.7 Å². The predicted octanol–water partition coefficient (Wildman–Crippen LogP) is -0.0817. The van der Waals surface area contributed by atoms with Crippen molar-refractivity contribution in [3.05, 3.63) is 22.2 Å². The number of H-pyrrole nitrogens is 1. The van der Waals surface area contributed by atoms with Crippen LogP contribution in [0.25, 0.3) is 0 Å². The third-order valence-corrected chi connectivity index (χ3v) is 3.12. The number of aliphatic hydroxyl groups excluding tert-OH is 1. The second-order valence-corrected chi connectivity index (χ2v) is 4.54. The average molecular weight is 253 g/mol. The van der Waals surface area contributed by atoms with Gasteiger partial charge in [-0.1, -0.05) is 6.92 Å². The van der Waals surface area contributed by atoms with Crippen molar-refractivity contribution in [2.75, 3.05) is 24.7 Å². The molecule has 100 valence electrons. The maximum absolute atomic E-state index is 11.6. The number of aliphatic hydroxyl groups is 1. The number of aromatic amines is 1. The molecule has 0 saturated carbocycles. The van der Waals surface area contributed by atoms with Gasteiger partial charge in [0.15, 0.2) is 0 Å². The van der Waals surface area contributed by atoms with Crippen LogP contribution in [0.2, 0.25) is 0 Å². The number of aryl methyl sites for hydroxylation is 1. The van der Waals surface area contributed by atoms with Crippen LogP contribution in [0.4, 0.5) is 5.82 Å². The van der Waals surface area contributed by atoms with E-state index in [9.17, 15) is 4.79 Å². The molecule has 1 aliphatic rings. The molecule has 0 radical (unpaired) electrons. The lowest BCUT2D eigenvalue weighted by Crippen LogP contribution is -2.50. The second kappa shape index (κ2) is 5.49. The fourth-order valence-electron chi connectivity index (χ4n) is 2.06. The average Bonchev–Trinajstić information content (AvgIpc) is 2.38. The van der Waals surface area contributed by atoms with Gasteiger partial charge in [-0.15, -0.1) is 0 Å². The molecule has 1 aromatic rings. The van der Waals surface area contributed by atoms with Crippen LogP contribution in [-0.2, 0) is 11.2 Å². The molecule has 2 rings (SSSR count). The van der Waals surface area contributed by atoms with E-state index in [4.69, 9.17) is 9.84 Å². The first-order valence-electron chi connectivity index (χ1n) is 6.23. The Hall–Kier alpha value is -1.40. The van der Waals surface area contributed by atoms with E-state index in [0.717, 1.165) is 0 Å². The summed E-state index contributed by atoms with van der Waals surface area (Å²) in [5, 5.41) is 9.16. The Bertz CT molecular complexity index is 460. The van der Waals surface area contributed by atoms with Crippen molar-refractivity contribution < 1.29 is 9.84 Å². The van der Waals surface area contributed by atoms with Gasteiger partial charge in [-0.2, -0.15) is 0 Å². The van der Waals surface area contributed by atoms with Crippen LogP contribution in [0.3, 0.4) is 0 Å². The van der Waals surface area contributed by atoms with Gasteiger partial charge in [0.05, 0.1) is 25.4 Å². The lowest BCUT2D eigenvalue weighted by atomic mass is 10.2. The van der Waals surface area contributed by atoms with Crippen LogP contribution >= 0.6 is 0 Å². The first kappa shape index (κ1) is 13.0. The Morgan fingerprint density at radius 3 is 3.11 bits per heavy atom. The fourth-order valence-corrected chi connectivity index (χ4v) is 2.06. The summed E-state index contributed by atoms with van der Waals surface area (Å²) in [5.74, 6) is 1.33. The molecule has 6 heteroatoms. The van der Waals surface area contributed by atoms with Crippen molar-refractivity contribution in [1.29, 1.82) is 0 Å². The van der Waals surface area contributed by atoms with Crippen LogP contribution in [0.5, 0.6) is 0 Å². The first-order valence-corrected chi connectivity index (χ1v) is 6.23. The SMILES string of the molecule is CCc1nc(N2CC(CO)OCC2C)cc(=O)[nH]1. The summed E-state index contributed by atoms with van der Waals surface area (Å²) < 4.78 is 5.47. The highest BCUT2D eigenvalue weighted by Gasteiger charge is 2.27. The van der Waals surface area contributed by atoms with Gasteiger partial charge in [0.25, 0.3) is 5.56 Å². The zero-order valence-electron chi connectivity index (χ0n) is 10.7. The molecule has 0 aliphatic carbocycles. The zero-order chi connectivity index (χ0) is 13.1. The highest BCUT2D eigenvalue weighted by Crippen LogP contribution is 2.18. The molecule has 6 nitrogen and oxygen atoms in total. The monoisotopic (exact) mass is 253 g/mol. The van der Waals surface area contributed by atoms with Crippen molar-refractivity contribution in [3.63, 3.8) is 0 Å². The first-order chi connectivity index (χ1) is 8.63. The normalized spacial score (nSPS) is 24.3. The van der Waals surface area contributed by atoms with Crippen LogP contribution in [0.1, 0.15) is 19.7 Å². The number of nitrogens with zero attached hydrogens (tertiary/aromatic N) is 2. The number of ether oxygens (including phenoxy) is 1. The largest absolute Gasteiger partial charge is 0.394 e. The summed E-state index contributed by atoms with van der Waals surface area (Å²) in [6, 6.07) is 1.64. The lowest BCUT2D eigenvalue weighted by Gasteiger charge is -2.38. The summed E-state index contributed by atoms with van der Waals surface area (Å²) in [4.78, 5) is 20.7. The van der Waals surface area contributed by atoms with Gasteiger partial charge in [-0.3, -0.25) is 4.79 Å². The number of hydrogen-bond acceptors (Lipinski definition) is 5. The lowest BCUT2D eigenvalue weighted by molar-refractivity contribution is -0.0106. The minimum atomic E-state index is -0.215. The summed E-state index contributed by atoms with van der Waals surface area (Å²) >= 11 is 0. The molecule has 0 amide bonds. The van der Waals surface area contributed by atoms with Gasteiger partial charge < -0.3 is 19.7 Å². The number of nitrogens with one attached hydrogen (secondary N) is 1. The van der Waals surface area contributed by atoms with Crippen LogP contribution in [-0.4, -0.2) is 47.0 Å². The summed E-state index contributed by atoms with van der Waals surface area (Å²) in [5.41, 5.74) is -0.143. The Morgan fingerprint density at radius 1 is 1.67 bits per heavy atom. The molecule has 2 heterocycles. The molecule has 1 aliphatic heterocycles. The molecule has 2 unspecified atom stereocenters. The molecular formula is C12H19N3O3. The maximum atomic E-state index is 11.6. The minimum absolute atomic E-state index is 0.0208. The van der Waals surface area contributed by atoms with Gasteiger partial charge in [0.1, 0.15) is 11.6 Å². The molecule has 1 saturated heterocycles. The molecule has 1 fully saturated rings. The zero-order valence-corrected chi connectivity index (χ0v) is 10.7. The highest BCUT2D eigenvalue weighted by molar-refractivity contribution is 5.39. The molecule has 1 aromatic heterocycles. The molecular weight excluding hydrogens is 234 g/mol. The van der Waals surface area contributed by atoms with Crippen LogP contribution < -0.4 is 10.5 Å². The molecule has 18 heavy (non-hydrogen) atoms. The van der Waals surface area contributed by atoms with E-state index >= 15 is 0 Å². The van der Waals surface area contributed by atoms with Crippen molar-refractivity contribution >= 4 is 5.82 Å².